The molecule has 5 rings (SSSR count). The summed E-state index contributed by atoms with van der Waals surface area (Å²) in [5.74, 6) is -4.59. The topological polar surface area (TPSA) is 204 Å². The van der Waals surface area contributed by atoms with Gasteiger partial charge in [-0.1, -0.05) is 18.2 Å². The Morgan fingerprint density at radius 2 is 1.31 bits per heavy atom. The largest absolute Gasteiger partial charge is 0.463 e. The van der Waals surface area contributed by atoms with Crippen LogP contribution >= 0.6 is 0 Å². The summed E-state index contributed by atoms with van der Waals surface area (Å²) >= 11 is 0. The van der Waals surface area contributed by atoms with Crippen molar-refractivity contribution in [2.75, 3.05) is 19.8 Å². The molecule has 1 aromatic carbocycles. The SMILES string of the molecule is CC(=O)OC[C@H]1OC[C@H]2O[C@@H](Oc3ccccc3)[C@H](OC(C)=O)[C@@H](OC(C)=O)[C@H]2O[C@@H]2OC[C@@]1(OC(C)=O)[C@H](OC(C)=O)[C@H]2OC(C)=O. The molecule has 0 aromatic heterocycles. The van der Waals surface area contributed by atoms with E-state index in [1.807, 2.05) is 0 Å². The summed E-state index contributed by atoms with van der Waals surface area (Å²) in [7, 11) is 0. The van der Waals surface area contributed by atoms with E-state index < -0.39 is 117 Å². The molecule has 48 heavy (non-hydrogen) atoms. The number of carbonyl (C=O) groups excluding carboxylic acids is 6. The van der Waals surface area contributed by atoms with Crippen LogP contribution in [-0.4, -0.2) is 117 Å². The zero-order valence-corrected chi connectivity index (χ0v) is 27.1. The van der Waals surface area contributed by atoms with Crippen molar-refractivity contribution in [2.24, 2.45) is 0 Å². The van der Waals surface area contributed by atoms with Crippen LogP contribution in [0.3, 0.4) is 0 Å². The number of rotatable bonds is 9. The molecule has 4 fully saturated rings. The van der Waals surface area contributed by atoms with Crippen LogP contribution in [0.4, 0.5) is 0 Å². The van der Waals surface area contributed by atoms with Crippen molar-refractivity contribution < 1.29 is 80.9 Å². The molecule has 0 spiro atoms. The van der Waals surface area contributed by atoms with Crippen molar-refractivity contribution in [1.82, 2.24) is 0 Å². The number of benzene rings is 1. The molecule has 0 N–H and O–H groups in total. The number of hydrogen-bond donors (Lipinski definition) is 0. The van der Waals surface area contributed by atoms with E-state index in [0.29, 0.717) is 5.75 Å². The highest BCUT2D eigenvalue weighted by atomic mass is 16.8. The third-order valence-corrected chi connectivity index (χ3v) is 7.38. The van der Waals surface area contributed by atoms with Gasteiger partial charge in [0.25, 0.3) is 0 Å². The highest BCUT2D eigenvalue weighted by Crippen LogP contribution is 2.41. The maximum absolute atomic E-state index is 12.6. The molecule has 0 saturated carbocycles. The van der Waals surface area contributed by atoms with Gasteiger partial charge in [-0.05, 0) is 12.1 Å². The lowest BCUT2D eigenvalue weighted by atomic mass is 9.83. The zero-order chi connectivity index (χ0) is 35.2. The number of fused-ring (bicyclic) bond motifs is 4. The molecule has 4 aliphatic heterocycles. The first kappa shape index (κ1) is 36.5. The lowest BCUT2D eigenvalue weighted by Gasteiger charge is -2.53. The van der Waals surface area contributed by atoms with E-state index in [1.54, 1.807) is 30.3 Å². The summed E-state index contributed by atoms with van der Waals surface area (Å²) in [6.45, 7) is 5.03. The predicted octanol–water partition coefficient (Wildman–Crippen LogP) is 0.522. The van der Waals surface area contributed by atoms with E-state index in [9.17, 15) is 28.8 Å². The van der Waals surface area contributed by atoms with Gasteiger partial charge in [0.2, 0.25) is 18.0 Å². The standard InChI is InChI=1S/C31H38O17/c1-15(32)38-13-23-31(48-20(6)37)14-40-29(27(43-18(4)35)28(31)44-19(5)36)47-24-22(12-39-23)46-30(45-21-10-8-7-9-11-21)26(42-17(3)34)25(24)41-16(2)33/h7-11,22-30H,12-14H2,1-6H3/t22-,23-,24+,25+,26-,27-,28-,29+,30-,31+/m1/s1. The molecule has 0 amide bonds. The van der Waals surface area contributed by atoms with Crippen molar-refractivity contribution in [2.45, 2.75) is 102 Å². The van der Waals surface area contributed by atoms with Gasteiger partial charge in [0.05, 0.1) is 13.2 Å². The van der Waals surface area contributed by atoms with E-state index in [2.05, 4.69) is 0 Å². The summed E-state index contributed by atoms with van der Waals surface area (Å²) in [5, 5.41) is 0. The van der Waals surface area contributed by atoms with Crippen LogP contribution < -0.4 is 4.74 Å². The predicted molar refractivity (Wildman–Crippen MR) is 153 cm³/mol. The number of carbonyl (C=O) groups is 6. The Balaban J connectivity index is 1.87. The monoisotopic (exact) mass is 682 g/mol. The molecule has 1 aromatic rings. The third kappa shape index (κ3) is 8.77. The molecule has 17 heteroatoms. The molecular weight excluding hydrogens is 644 g/mol. The molecule has 4 saturated heterocycles. The average molecular weight is 683 g/mol. The fourth-order valence-electron chi connectivity index (χ4n) is 5.72. The molecule has 0 radical (unpaired) electrons. The van der Waals surface area contributed by atoms with Crippen LogP contribution in [0.1, 0.15) is 41.5 Å². The first-order valence-electron chi connectivity index (χ1n) is 15.0. The van der Waals surface area contributed by atoms with Crippen LogP contribution in [0.25, 0.3) is 0 Å². The van der Waals surface area contributed by atoms with Crippen molar-refractivity contribution in [1.29, 1.82) is 0 Å². The number of ether oxygens (including phenoxy) is 11. The van der Waals surface area contributed by atoms with Gasteiger partial charge in [-0.3, -0.25) is 28.8 Å². The smallest absolute Gasteiger partial charge is 0.303 e. The Hall–Kier alpha value is -4.32. The first-order chi connectivity index (χ1) is 22.7. The van der Waals surface area contributed by atoms with Crippen molar-refractivity contribution in [3.8, 4) is 5.75 Å². The normalized spacial score (nSPS) is 32.8. The molecule has 10 atom stereocenters. The van der Waals surface area contributed by atoms with E-state index in [0.717, 1.165) is 41.5 Å². The van der Waals surface area contributed by atoms with Crippen LogP contribution in [0.2, 0.25) is 0 Å². The molecule has 4 heterocycles. The van der Waals surface area contributed by atoms with Gasteiger partial charge in [0, 0.05) is 41.5 Å². The quantitative estimate of drug-likeness (QED) is 0.257. The van der Waals surface area contributed by atoms with E-state index >= 15 is 0 Å². The van der Waals surface area contributed by atoms with Crippen molar-refractivity contribution in [3.63, 3.8) is 0 Å². The summed E-state index contributed by atoms with van der Waals surface area (Å²) < 4.78 is 64.2. The second-order valence-electron chi connectivity index (χ2n) is 11.2. The lowest BCUT2D eigenvalue weighted by Crippen LogP contribution is -2.73. The highest BCUT2D eigenvalue weighted by molar-refractivity contribution is 5.69. The van der Waals surface area contributed by atoms with E-state index in [1.165, 1.54) is 0 Å². The minimum atomic E-state index is -2.07. The highest BCUT2D eigenvalue weighted by Gasteiger charge is 2.64. The number of para-hydroxylation sites is 1. The average Bonchev–Trinajstić information content (AvgIpc) is 2.98. The van der Waals surface area contributed by atoms with Gasteiger partial charge in [-0.15, -0.1) is 0 Å². The molecule has 0 aliphatic carbocycles. The summed E-state index contributed by atoms with van der Waals surface area (Å²) in [6.07, 6.45) is -13.2. The molecule has 264 valence electrons. The fourth-order valence-corrected chi connectivity index (χ4v) is 5.72. The Labute approximate surface area is 275 Å². The summed E-state index contributed by atoms with van der Waals surface area (Å²) in [4.78, 5) is 74.2. The van der Waals surface area contributed by atoms with Gasteiger partial charge >= 0.3 is 35.8 Å². The van der Waals surface area contributed by atoms with Gasteiger partial charge in [-0.2, -0.15) is 0 Å². The molecule has 4 aliphatic rings. The van der Waals surface area contributed by atoms with Gasteiger partial charge in [0.1, 0.15) is 30.7 Å². The van der Waals surface area contributed by atoms with E-state index in [4.69, 9.17) is 52.1 Å². The minimum absolute atomic E-state index is 0.310. The summed E-state index contributed by atoms with van der Waals surface area (Å²) in [5.41, 5.74) is -2.07. The number of esters is 6. The Bertz CT molecular complexity index is 1350. The van der Waals surface area contributed by atoms with Gasteiger partial charge in [-0.25, -0.2) is 0 Å². The van der Waals surface area contributed by atoms with Crippen molar-refractivity contribution >= 4 is 35.8 Å². The Kier molecular flexibility index (Phi) is 12.0. The van der Waals surface area contributed by atoms with Gasteiger partial charge in [0.15, 0.2) is 24.6 Å². The first-order valence-corrected chi connectivity index (χ1v) is 15.0. The number of hydrogen-bond acceptors (Lipinski definition) is 17. The Morgan fingerprint density at radius 3 is 1.90 bits per heavy atom. The second kappa shape index (κ2) is 15.7. The minimum Gasteiger partial charge on any atom is -0.463 e. The zero-order valence-electron chi connectivity index (χ0n) is 27.1. The van der Waals surface area contributed by atoms with Crippen LogP contribution in [0.15, 0.2) is 30.3 Å². The maximum Gasteiger partial charge on any atom is 0.303 e. The van der Waals surface area contributed by atoms with Crippen LogP contribution in [0.5, 0.6) is 5.75 Å². The molecule has 17 nitrogen and oxygen atoms in total. The molecule has 2 bridgehead atoms. The lowest BCUT2D eigenvalue weighted by molar-refractivity contribution is -0.374. The maximum atomic E-state index is 12.6. The second-order valence-corrected chi connectivity index (χ2v) is 11.2. The molecule has 0 unspecified atom stereocenters. The van der Waals surface area contributed by atoms with E-state index in [-0.39, 0.29) is 0 Å². The molecular formula is C31H38O17. The fraction of sp³-hybridized carbons (Fsp3) is 0.613. The van der Waals surface area contributed by atoms with Crippen LogP contribution in [0, 0.1) is 0 Å². The van der Waals surface area contributed by atoms with Gasteiger partial charge < -0.3 is 52.1 Å². The summed E-state index contributed by atoms with van der Waals surface area (Å²) in [6, 6.07) is 8.37. The van der Waals surface area contributed by atoms with Crippen molar-refractivity contribution in [3.05, 3.63) is 30.3 Å². The third-order valence-electron chi connectivity index (χ3n) is 7.38. The Morgan fingerprint density at radius 1 is 0.708 bits per heavy atom. The van der Waals surface area contributed by atoms with Crippen LogP contribution in [-0.2, 0) is 76.1 Å².